The van der Waals surface area contributed by atoms with E-state index in [1.54, 1.807) is 6.07 Å². The van der Waals surface area contributed by atoms with Crippen LogP contribution in [-0.2, 0) is 11.2 Å². The minimum Gasteiger partial charge on any atom is -0.378 e. The van der Waals surface area contributed by atoms with E-state index in [-0.39, 0.29) is 0 Å². The molecule has 0 N–H and O–H groups in total. The van der Waals surface area contributed by atoms with Gasteiger partial charge in [0, 0.05) is 6.61 Å². The van der Waals surface area contributed by atoms with Gasteiger partial charge in [-0.25, -0.2) is 0 Å². The predicted molar refractivity (Wildman–Crippen MR) is 116 cm³/mol. The average Bonchev–Trinajstić information content (AvgIpc) is 2.79. The summed E-state index contributed by atoms with van der Waals surface area (Å²) in [6, 6.07) is 10.8. The van der Waals surface area contributed by atoms with Gasteiger partial charge in [-0.2, -0.15) is 9.65 Å². The molecule has 1 aromatic rings. The van der Waals surface area contributed by atoms with Crippen LogP contribution in [0.25, 0.3) is 0 Å². The molecule has 2 aliphatic rings. The van der Waals surface area contributed by atoms with Crippen molar-refractivity contribution < 1.29 is 9.13 Å². The Morgan fingerprint density at radius 1 is 1.03 bits per heavy atom. The topological polar surface area (TPSA) is 33.0 Å². The fourth-order valence-electron chi connectivity index (χ4n) is 5.04. The SMILES string of the molecule is CCc1ccc(C2CCC(OCC3CCC(CC/C=C(\F)C#N)CC3)CC2)cc1. The smallest absolute Gasteiger partial charge is 0.196 e. The molecule has 0 unspecified atom stereocenters. The Hall–Kier alpha value is -1.66. The molecule has 0 aliphatic heterocycles. The van der Waals surface area contributed by atoms with Crippen molar-refractivity contribution in [3.8, 4) is 6.07 Å². The zero-order chi connectivity index (χ0) is 20.5. The number of hydrogen-bond acceptors (Lipinski definition) is 2. The molecular formula is C26H36FNO. The zero-order valence-corrected chi connectivity index (χ0v) is 17.9. The normalized spacial score (nSPS) is 28.1. The molecule has 0 amide bonds. The van der Waals surface area contributed by atoms with Crippen LogP contribution < -0.4 is 0 Å². The number of rotatable bonds is 8. The second kappa shape index (κ2) is 11.5. The molecule has 0 saturated heterocycles. The van der Waals surface area contributed by atoms with Gasteiger partial charge in [-0.05, 0) is 92.7 Å². The molecule has 1 aromatic carbocycles. The molecule has 0 atom stereocenters. The van der Waals surface area contributed by atoms with E-state index in [2.05, 4.69) is 31.2 Å². The number of benzene rings is 1. The summed E-state index contributed by atoms with van der Waals surface area (Å²) in [5, 5.41) is 8.46. The molecule has 3 rings (SSSR count). The van der Waals surface area contributed by atoms with Gasteiger partial charge >= 0.3 is 0 Å². The summed E-state index contributed by atoms with van der Waals surface area (Å²) in [5.41, 5.74) is 2.93. The van der Waals surface area contributed by atoms with Crippen molar-refractivity contribution in [3.05, 3.63) is 47.3 Å². The summed E-state index contributed by atoms with van der Waals surface area (Å²) < 4.78 is 19.2. The highest BCUT2D eigenvalue weighted by Crippen LogP contribution is 2.36. The highest BCUT2D eigenvalue weighted by molar-refractivity contribution is 5.25. The van der Waals surface area contributed by atoms with Crippen molar-refractivity contribution in [1.29, 1.82) is 5.26 Å². The first-order chi connectivity index (χ1) is 14.2. The van der Waals surface area contributed by atoms with Gasteiger partial charge in [0.05, 0.1) is 6.10 Å². The fraction of sp³-hybridized carbons (Fsp3) is 0.654. The number of allylic oxidation sites excluding steroid dienone is 2. The predicted octanol–water partition coefficient (Wildman–Crippen LogP) is 7.26. The van der Waals surface area contributed by atoms with Crippen LogP contribution in [0.1, 0.15) is 88.2 Å². The van der Waals surface area contributed by atoms with Gasteiger partial charge < -0.3 is 4.74 Å². The van der Waals surface area contributed by atoms with Gasteiger partial charge in [0.25, 0.3) is 0 Å². The lowest BCUT2D eigenvalue weighted by molar-refractivity contribution is -0.00474. The first kappa shape index (κ1) is 22.0. The Morgan fingerprint density at radius 3 is 2.31 bits per heavy atom. The third-order valence-corrected chi connectivity index (χ3v) is 7.07. The Morgan fingerprint density at radius 2 is 1.69 bits per heavy atom. The van der Waals surface area contributed by atoms with Crippen molar-refractivity contribution in [2.75, 3.05) is 6.61 Å². The third-order valence-electron chi connectivity index (χ3n) is 7.07. The molecule has 0 heterocycles. The Balaban J connectivity index is 1.30. The van der Waals surface area contributed by atoms with Gasteiger partial charge in [-0.3, -0.25) is 0 Å². The van der Waals surface area contributed by atoms with Crippen LogP contribution in [0.15, 0.2) is 36.2 Å². The molecule has 29 heavy (non-hydrogen) atoms. The van der Waals surface area contributed by atoms with E-state index < -0.39 is 5.83 Å². The summed E-state index contributed by atoms with van der Waals surface area (Å²) >= 11 is 0. The molecule has 2 nitrogen and oxygen atoms in total. The first-order valence-electron chi connectivity index (χ1n) is 11.6. The van der Waals surface area contributed by atoms with Gasteiger partial charge in [-0.15, -0.1) is 0 Å². The van der Waals surface area contributed by atoms with E-state index in [1.807, 2.05) is 0 Å². The van der Waals surface area contributed by atoms with Crippen LogP contribution in [0.3, 0.4) is 0 Å². The second-order valence-corrected chi connectivity index (χ2v) is 9.03. The van der Waals surface area contributed by atoms with E-state index in [4.69, 9.17) is 10.00 Å². The van der Waals surface area contributed by atoms with Crippen molar-refractivity contribution >= 4 is 0 Å². The van der Waals surface area contributed by atoms with Crippen LogP contribution in [-0.4, -0.2) is 12.7 Å². The molecule has 2 saturated carbocycles. The summed E-state index contributed by atoms with van der Waals surface area (Å²) in [5.74, 6) is 1.44. The Kier molecular flexibility index (Phi) is 8.74. The largest absolute Gasteiger partial charge is 0.378 e. The number of hydrogen-bond donors (Lipinski definition) is 0. The highest BCUT2D eigenvalue weighted by Gasteiger charge is 2.25. The van der Waals surface area contributed by atoms with Crippen molar-refractivity contribution in [1.82, 2.24) is 0 Å². The third kappa shape index (κ3) is 6.96. The molecule has 0 bridgehead atoms. The van der Waals surface area contributed by atoms with Crippen LogP contribution in [0.5, 0.6) is 0 Å². The Labute approximate surface area is 176 Å². The number of ether oxygens (including phenoxy) is 1. The van der Waals surface area contributed by atoms with Crippen LogP contribution >= 0.6 is 0 Å². The van der Waals surface area contributed by atoms with Crippen LogP contribution in [0.4, 0.5) is 4.39 Å². The number of aryl methyl sites for hydroxylation is 1. The van der Waals surface area contributed by atoms with Crippen molar-refractivity contribution in [3.63, 3.8) is 0 Å². The average molecular weight is 398 g/mol. The highest BCUT2D eigenvalue weighted by atomic mass is 19.1. The number of halogens is 1. The number of nitrogens with zero attached hydrogens (tertiary/aromatic N) is 1. The van der Waals surface area contributed by atoms with E-state index in [9.17, 15) is 4.39 Å². The molecule has 0 radical (unpaired) electrons. The molecule has 0 spiro atoms. The standard InChI is InChI=1S/C26H36FNO/c1-2-20-10-12-23(13-11-20)24-14-16-26(17-15-24)29-19-22-8-6-21(7-9-22)4-3-5-25(27)18-28/h5,10-13,21-22,24,26H,2-4,6-9,14-17,19H2,1H3/b25-5-. The van der Waals surface area contributed by atoms with Gasteiger partial charge in [0.2, 0.25) is 0 Å². The first-order valence-corrected chi connectivity index (χ1v) is 11.6. The quantitative estimate of drug-likeness (QED) is 0.433. The lowest BCUT2D eigenvalue weighted by Crippen LogP contribution is -2.25. The van der Waals surface area contributed by atoms with E-state index >= 15 is 0 Å². The van der Waals surface area contributed by atoms with Gasteiger partial charge in [0.1, 0.15) is 6.07 Å². The molecule has 3 heteroatoms. The lowest BCUT2D eigenvalue weighted by Gasteiger charge is -2.32. The summed E-state index contributed by atoms with van der Waals surface area (Å²) in [4.78, 5) is 0. The molecule has 0 aromatic heterocycles. The summed E-state index contributed by atoms with van der Waals surface area (Å²) in [7, 11) is 0. The maximum Gasteiger partial charge on any atom is 0.196 e. The molecule has 158 valence electrons. The molecular weight excluding hydrogens is 361 g/mol. The van der Waals surface area contributed by atoms with Crippen LogP contribution in [0.2, 0.25) is 0 Å². The molecule has 2 fully saturated rings. The van der Waals surface area contributed by atoms with Gasteiger partial charge in [0.15, 0.2) is 5.83 Å². The maximum atomic E-state index is 12.9. The minimum absolute atomic E-state index is 0.443. The summed E-state index contributed by atoms with van der Waals surface area (Å²) in [6.07, 6.45) is 14.4. The van der Waals surface area contributed by atoms with Crippen molar-refractivity contribution in [2.45, 2.75) is 89.6 Å². The zero-order valence-electron chi connectivity index (χ0n) is 17.9. The van der Waals surface area contributed by atoms with Crippen molar-refractivity contribution in [2.24, 2.45) is 11.8 Å². The maximum absolute atomic E-state index is 12.9. The van der Waals surface area contributed by atoms with E-state index in [0.717, 1.165) is 19.4 Å². The minimum atomic E-state index is -0.639. The van der Waals surface area contributed by atoms with Crippen LogP contribution in [0, 0.1) is 23.2 Å². The Bertz CT molecular complexity index is 674. The van der Waals surface area contributed by atoms with E-state index in [0.29, 0.717) is 30.3 Å². The number of nitriles is 1. The van der Waals surface area contributed by atoms with E-state index in [1.165, 1.54) is 68.6 Å². The fourth-order valence-corrected chi connectivity index (χ4v) is 5.04. The summed E-state index contributed by atoms with van der Waals surface area (Å²) in [6.45, 7) is 3.12. The molecule has 2 aliphatic carbocycles. The van der Waals surface area contributed by atoms with Gasteiger partial charge in [-0.1, -0.05) is 44.0 Å². The monoisotopic (exact) mass is 397 g/mol. The second-order valence-electron chi connectivity index (χ2n) is 9.03. The lowest BCUT2D eigenvalue weighted by atomic mass is 9.80.